The van der Waals surface area contributed by atoms with Crippen molar-refractivity contribution in [2.24, 2.45) is 10.6 Å². The first kappa shape index (κ1) is 16.2. The Labute approximate surface area is 127 Å². The molecule has 21 heavy (non-hydrogen) atoms. The summed E-state index contributed by atoms with van der Waals surface area (Å²) in [6.45, 7) is 2.45. The number of primary sulfonamides is 1. The normalized spacial score (nSPS) is 17.1. The highest BCUT2D eigenvalue weighted by atomic mass is 35.5. The molecule has 0 unspecified atom stereocenters. The van der Waals surface area contributed by atoms with Crippen molar-refractivity contribution in [3.05, 3.63) is 28.5 Å². The van der Waals surface area contributed by atoms with Gasteiger partial charge in [-0.15, -0.1) is 0 Å². The van der Waals surface area contributed by atoms with Crippen LogP contribution in [0.15, 0.2) is 17.0 Å². The predicted octanol–water partition coefficient (Wildman–Crippen LogP) is 2.05. The van der Waals surface area contributed by atoms with Gasteiger partial charge in [-0.25, -0.2) is 17.9 Å². The van der Waals surface area contributed by atoms with Crippen LogP contribution in [0.3, 0.4) is 0 Å². The van der Waals surface area contributed by atoms with Crippen molar-refractivity contribution in [2.45, 2.75) is 31.1 Å². The minimum Gasteiger partial charge on any atom is -0.351 e. The van der Waals surface area contributed by atoms with E-state index in [-0.39, 0.29) is 16.0 Å². The molecular formula is C13H16ClFN2O3S. The van der Waals surface area contributed by atoms with E-state index in [0.29, 0.717) is 6.54 Å². The fourth-order valence-corrected chi connectivity index (χ4v) is 3.35. The third kappa shape index (κ3) is 3.53. The number of rotatable bonds is 4. The second-order valence-electron chi connectivity index (χ2n) is 5.65. The average Bonchev–Trinajstić information content (AvgIpc) is 2.32. The Kier molecular flexibility index (Phi) is 4.28. The van der Waals surface area contributed by atoms with Crippen LogP contribution < -0.4 is 10.5 Å². The Morgan fingerprint density at radius 1 is 1.48 bits per heavy atom. The molecule has 1 aliphatic carbocycles. The number of nitrogens with one attached hydrogen (secondary N) is 1. The average molecular weight is 335 g/mol. The van der Waals surface area contributed by atoms with E-state index in [2.05, 4.69) is 5.32 Å². The first-order chi connectivity index (χ1) is 9.62. The van der Waals surface area contributed by atoms with Crippen LogP contribution in [0.2, 0.25) is 5.02 Å². The molecule has 0 saturated heterocycles. The van der Waals surface area contributed by atoms with Gasteiger partial charge in [0.15, 0.2) is 0 Å². The Hall–Kier alpha value is -1.18. The number of sulfonamides is 1. The maximum absolute atomic E-state index is 13.8. The fraction of sp³-hybridized carbons (Fsp3) is 0.462. The number of benzene rings is 1. The molecule has 0 aliphatic heterocycles. The maximum atomic E-state index is 13.8. The van der Waals surface area contributed by atoms with Gasteiger partial charge >= 0.3 is 0 Å². The maximum Gasteiger partial charge on any atom is 0.254 e. The summed E-state index contributed by atoms with van der Waals surface area (Å²) < 4.78 is 36.5. The minimum absolute atomic E-state index is 0.0291. The van der Waals surface area contributed by atoms with Crippen molar-refractivity contribution in [3.63, 3.8) is 0 Å². The summed E-state index contributed by atoms with van der Waals surface area (Å²) in [4.78, 5) is 11.5. The van der Waals surface area contributed by atoms with E-state index in [1.807, 2.05) is 6.92 Å². The zero-order valence-electron chi connectivity index (χ0n) is 11.4. The summed E-state index contributed by atoms with van der Waals surface area (Å²) in [6.07, 6.45) is 3.11. The van der Waals surface area contributed by atoms with Crippen LogP contribution in [-0.4, -0.2) is 20.9 Å². The summed E-state index contributed by atoms with van der Waals surface area (Å²) in [5, 5.41) is 7.26. The molecule has 0 bridgehead atoms. The minimum atomic E-state index is -4.12. The van der Waals surface area contributed by atoms with Gasteiger partial charge in [-0.2, -0.15) is 0 Å². The smallest absolute Gasteiger partial charge is 0.254 e. The Balaban J connectivity index is 2.24. The topological polar surface area (TPSA) is 89.3 Å². The van der Waals surface area contributed by atoms with Gasteiger partial charge in [0, 0.05) is 6.54 Å². The van der Waals surface area contributed by atoms with Crippen LogP contribution in [0.5, 0.6) is 0 Å². The molecule has 0 radical (unpaired) electrons. The summed E-state index contributed by atoms with van der Waals surface area (Å²) in [5.74, 6) is -1.56. The molecule has 1 aromatic carbocycles. The lowest BCUT2D eigenvalue weighted by Gasteiger charge is -2.38. The highest BCUT2D eigenvalue weighted by molar-refractivity contribution is 7.89. The molecule has 1 amide bonds. The van der Waals surface area contributed by atoms with E-state index >= 15 is 0 Å². The quantitative estimate of drug-likeness (QED) is 0.883. The first-order valence-electron chi connectivity index (χ1n) is 6.42. The number of halogens is 2. The second kappa shape index (κ2) is 5.55. The summed E-state index contributed by atoms with van der Waals surface area (Å²) in [5.41, 5.74) is -0.354. The fourth-order valence-electron chi connectivity index (χ4n) is 2.27. The molecule has 0 aromatic heterocycles. The van der Waals surface area contributed by atoms with Crippen LogP contribution >= 0.6 is 11.6 Å². The zero-order chi connectivity index (χ0) is 15.8. The van der Waals surface area contributed by atoms with E-state index in [9.17, 15) is 17.6 Å². The number of hydrogen-bond donors (Lipinski definition) is 2. The first-order valence-corrected chi connectivity index (χ1v) is 8.35. The molecule has 2 rings (SSSR count). The molecule has 0 atom stereocenters. The molecule has 1 aliphatic rings. The number of amides is 1. The molecule has 0 heterocycles. The second-order valence-corrected chi connectivity index (χ2v) is 7.59. The lowest BCUT2D eigenvalue weighted by atomic mass is 9.70. The van der Waals surface area contributed by atoms with E-state index in [1.54, 1.807) is 0 Å². The van der Waals surface area contributed by atoms with Crippen LogP contribution in [-0.2, 0) is 10.0 Å². The highest BCUT2D eigenvalue weighted by Gasteiger charge is 2.32. The SMILES string of the molecule is CC1(CNC(=O)c2cc(S(N)(=O)=O)c(Cl)cc2F)CCC1. The number of nitrogens with two attached hydrogens (primary N) is 1. The molecular weight excluding hydrogens is 319 g/mol. The van der Waals surface area contributed by atoms with Crippen LogP contribution in [0.1, 0.15) is 36.5 Å². The van der Waals surface area contributed by atoms with Crippen LogP contribution in [0, 0.1) is 11.2 Å². The van der Waals surface area contributed by atoms with Crippen molar-refractivity contribution >= 4 is 27.5 Å². The van der Waals surface area contributed by atoms with Gasteiger partial charge in [0.25, 0.3) is 5.91 Å². The van der Waals surface area contributed by atoms with Crippen LogP contribution in [0.25, 0.3) is 0 Å². The van der Waals surface area contributed by atoms with Gasteiger partial charge in [-0.3, -0.25) is 4.79 Å². The largest absolute Gasteiger partial charge is 0.351 e. The molecule has 1 fully saturated rings. The third-order valence-corrected chi connectivity index (χ3v) is 5.18. The molecule has 3 N–H and O–H groups in total. The predicted molar refractivity (Wildman–Crippen MR) is 77.1 cm³/mol. The number of carbonyl (C=O) groups excluding carboxylic acids is 1. The van der Waals surface area contributed by atoms with Gasteiger partial charge in [0.05, 0.1) is 10.6 Å². The summed E-state index contributed by atoms with van der Waals surface area (Å²) in [6, 6.07) is 1.65. The molecule has 0 spiro atoms. The van der Waals surface area contributed by atoms with Gasteiger partial charge < -0.3 is 5.32 Å². The lowest BCUT2D eigenvalue weighted by Crippen LogP contribution is -2.40. The number of hydrogen-bond acceptors (Lipinski definition) is 3. The molecule has 1 saturated carbocycles. The van der Waals surface area contributed by atoms with Gasteiger partial charge in [-0.05, 0) is 30.4 Å². The third-order valence-electron chi connectivity index (χ3n) is 3.81. The van der Waals surface area contributed by atoms with E-state index < -0.39 is 26.6 Å². The molecule has 5 nitrogen and oxygen atoms in total. The van der Waals surface area contributed by atoms with Gasteiger partial charge in [0.2, 0.25) is 10.0 Å². The lowest BCUT2D eigenvalue weighted by molar-refractivity contribution is 0.0886. The molecule has 1 aromatic rings. The zero-order valence-corrected chi connectivity index (χ0v) is 13.0. The van der Waals surface area contributed by atoms with Crippen LogP contribution in [0.4, 0.5) is 4.39 Å². The van der Waals surface area contributed by atoms with Gasteiger partial charge in [0.1, 0.15) is 10.7 Å². The molecule has 116 valence electrons. The Morgan fingerprint density at radius 3 is 2.57 bits per heavy atom. The van der Waals surface area contributed by atoms with Crippen molar-refractivity contribution in [3.8, 4) is 0 Å². The van der Waals surface area contributed by atoms with E-state index in [0.717, 1.165) is 31.4 Å². The van der Waals surface area contributed by atoms with Gasteiger partial charge in [-0.1, -0.05) is 24.9 Å². The standard InChI is InChI=1S/C13H16ClFN2O3S/c1-13(3-2-4-13)7-17-12(18)8-5-11(21(16,19)20)9(14)6-10(8)15/h5-6H,2-4,7H2,1H3,(H,17,18)(H2,16,19,20). The summed E-state index contributed by atoms with van der Waals surface area (Å²) in [7, 11) is -4.12. The van der Waals surface area contributed by atoms with Crippen molar-refractivity contribution in [1.82, 2.24) is 5.32 Å². The molecule has 8 heteroatoms. The Bertz CT molecular complexity index is 687. The Morgan fingerprint density at radius 2 is 2.10 bits per heavy atom. The van der Waals surface area contributed by atoms with E-state index in [1.165, 1.54) is 0 Å². The monoisotopic (exact) mass is 334 g/mol. The number of carbonyl (C=O) groups is 1. The van der Waals surface area contributed by atoms with Crippen molar-refractivity contribution in [1.29, 1.82) is 0 Å². The highest BCUT2D eigenvalue weighted by Crippen LogP contribution is 2.39. The van der Waals surface area contributed by atoms with Crippen molar-refractivity contribution < 1.29 is 17.6 Å². The van der Waals surface area contributed by atoms with E-state index in [4.69, 9.17) is 16.7 Å². The van der Waals surface area contributed by atoms with Crippen molar-refractivity contribution in [2.75, 3.05) is 6.54 Å². The summed E-state index contributed by atoms with van der Waals surface area (Å²) >= 11 is 5.64.